The summed E-state index contributed by atoms with van der Waals surface area (Å²) in [5.41, 5.74) is 5.34. The molecule has 9 nitrogen and oxygen atoms in total. The van der Waals surface area contributed by atoms with Crippen molar-refractivity contribution in [3.63, 3.8) is 0 Å². The van der Waals surface area contributed by atoms with Gasteiger partial charge in [0.1, 0.15) is 5.52 Å². The van der Waals surface area contributed by atoms with Gasteiger partial charge in [0.15, 0.2) is 5.82 Å². The fraction of sp³-hybridized carbons (Fsp3) is 0.296. The number of aryl methyl sites for hydroxylation is 1. The van der Waals surface area contributed by atoms with Crippen LogP contribution in [0.5, 0.6) is 0 Å². The fourth-order valence-corrected chi connectivity index (χ4v) is 4.21. The van der Waals surface area contributed by atoms with Crippen LogP contribution < -0.4 is 10.2 Å². The first-order valence-corrected chi connectivity index (χ1v) is 11.8. The average molecular weight is 482 g/mol. The monoisotopic (exact) mass is 481 g/mol. The summed E-state index contributed by atoms with van der Waals surface area (Å²) in [6.07, 6.45) is 3.24. The largest absolute Gasteiger partial charge is 0.378 e. The Morgan fingerprint density at radius 2 is 1.97 bits per heavy atom. The maximum Gasteiger partial charge on any atom is 0.255 e. The minimum Gasteiger partial charge on any atom is -0.378 e. The summed E-state index contributed by atoms with van der Waals surface area (Å²) in [5, 5.41) is 12.4. The van der Waals surface area contributed by atoms with Gasteiger partial charge in [0.2, 0.25) is 0 Å². The summed E-state index contributed by atoms with van der Waals surface area (Å²) in [4.78, 5) is 32.2. The van der Waals surface area contributed by atoms with Gasteiger partial charge in [-0.05, 0) is 56.7 Å². The molecule has 0 radical (unpaired) electrons. The number of aromatic amines is 1. The van der Waals surface area contributed by atoms with Crippen molar-refractivity contribution in [1.82, 2.24) is 19.9 Å². The molecule has 0 aliphatic carbocycles. The van der Waals surface area contributed by atoms with E-state index in [1.54, 1.807) is 38.5 Å². The maximum absolute atomic E-state index is 13.0. The molecule has 0 spiro atoms. The predicted octanol–water partition coefficient (Wildman–Crippen LogP) is 4.22. The van der Waals surface area contributed by atoms with Crippen molar-refractivity contribution in [3.05, 3.63) is 65.7 Å². The molecule has 1 aliphatic heterocycles. The summed E-state index contributed by atoms with van der Waals surface area (Å²) >= 11 is 0. The van der Waals surface area contributed by atoms with E-state index in [1.807, 2.05) is 31.2 Å². The number of nitrogens with one attached hydrogen (secondary N) is 2. The number of H-pyrrole nitrogens is 1. The standard InChI is InChI=1S/C27H27N7O2/c1-17-4-5-19(32-26(35)18-6-7-29-23(12-18)27(2,3)15-28)13-20(17)21-14-22-24(31-16-30-22)25(33-21)34-8-10-36-11-9-34/h4-7,12-14,16H,8-11H2,1-3H3,(H,30,31)(H,32,35). The topological polar surface area (TPSA) is 120 Å². The van der Waals surface area contributed by atoms with Gasteiger partial charge in [0.25, 0.3) is 5.91 Å². The molecule has 9 heteroatoms. The minimum absolute atomic E-state index is 0.270. The number of imidazole rings is 1. The summed E-state index contributed by atoms with van der Waals surface area (Å²) in [7, 11) is 0. The molecule has 4 heterocycles. The number of hydrogen-bond donors (Lipinski definition) is 2. The summed E-state index contributed by atoms with van der Waals surface area (Å²) in [5.74, 6) is 0.554. The zero-order chi connectivity index (χ0) is 25.3. The number of aromatic nitrogens is 4. The number of pyridine rings is 2. The Bertz CT molecular complexity index is 1480. The zero-order valence-electron chi connectivity index (χ0n) is 20.5. The lowest BCUT2D eigenvalue weighted by molar-refractivity contribution is 0.102. The lowest BCUT2D eigenvalue weighted by Gasteiger charge is -2.28. The van der Waals surface area contributed by atoms with Gasteiger partial charge < -0.3 is 19.9 Å². The molecule has 0 atom stereocenters. The highest BCUT2D eigenvalue weighted by Gasteiger charge is 2.23. The Morgan fingerprint density at radius 3 is 2.75 bits per heavy atom. The molecule has 1 aliphatic rings. The number of hydrogen-bond acceptors (Lipinski definition) is 7. The number of rotatable bonds is 5. The number of benzene rings is 1. The molecule has 0 unspecified atom stereocenters. The Kier molecular flexibility index (Phi) is 6.12. The minimum atomic E-state index is -0.789. The van der Waals surface area contributed by atoms with Crippen LogP contribution in [-0.2, 0) is 10.2 Å². The molecule has 1 aromatic carbocycles. The molecule has 5 rings (SSSR count). The van der Waals surface area contributed by atoms with Crippen LogP contribution in [0.4, 0.5) is 11.5 Å². The summed E-state index contributed by atoms with van der Waals surface area (Å²) in [6.45, 7) is 8.39. The number of amides is 1. The molecule has 3 aromatic heterocycles. The molecule has 1 amide bonds. The highest BCUT2D eigenvalue weighted by molar-refractivity contribution is 6.04. The number of carbonyl (C=O) groups is 1. The van der Waals surface area contributed by atoms with E-state index in [2.05, 4.69) is 31.2 Å². The van der Waals surface area contributed by atoms with Gasteiger partial charge in [0.05, 0.1) is 47.9 Å². The molecule has 2 N–H and O–H groups in total. The van der Waals surface area contributed by atoms with Crippen molar-refractivity contribution in [3.8, 4) is 17.3 Å². The first-order valence-electron chi connectivity index (χ1n) is 11.8. The van der Waals surface area contributed by atoms with Gasteiger partial charge >= 0.3 is 0 Å². The number of ether oxygens (including phenoxy) is 1. The first kappa shape index (κ1) is 23.5. The van der Waals surface area contributed by atoms with E-state index in [1.165, 1.54) is 0 Å². The Morgan fingerprint density at radius 1 is 1.17 bits per heavy atom. The van der Waals surface area contributed by atoms with Crippen LogP contribution in [0, 0.1) is 18.3 Å². The molecule has 0 bridgehead atoms. The lowest BCUT2D eigenvalue weighted by atomic mass is 9.90. The second kappa shape index (κ2) is 9.40. The van der Waals surface area contributed by atoms with Crippen LogP contribution >= 0.6 is 0 Å². The summed E-state index contributed by atoms with van der Waals surface area (Å²) < 4.78 is 5.51. The van der Waals surface area contributed by atoms with Gasteiger partial charge in [-0.25, -0.2) is 9.97 Å². The van der Waals surface area contributed by atoms with Gasteiger partial charge in [-0.1, -0.05) is 6.07 Å². The van der Waals surface area contributed by atoms with Gasteiger partial charge in [-0.3, -0.25) is 9.78 Å². The normalized spacial score (nSPS) is 14.0. The number of carbonyl (C=O) groups excluding carboxylic acids is 1. The second-order valence-electron chi connectivity index (χ2n) is 9.38. The third-order valence-corrected chi connectivity index (χ3v) is 6.41. The van der Waals surface area contributed by atoms with Crippen LogP contribution in [0.1, 0.15) is 35.5 Å². The molecule has 0 saturated carbocycles. The second-order valence-corrected chi connectivity index (χ2v) is 9.38. The van der Waals surface area contributed by atoms with E-state index in [9.17, 15) is 10.1 Å². The number of nitriles is 1. The van der Waals surface area contributed by atoms with Crippen molar-refractivity contribution >= 4 is 28.4 Å². The third kappa shape index (κ3) is 4.51. The van der Waals surface area contributed by atoms with E-state index in [0.29, 0.717) is 30.2 Å². The highest BCUT2D eigenvalue weighted by Crippen LogP contribution is 2.32. The smallest absolute Gasteiger partial charge is 0.255 e. The van der Waals surface area contributed by atoms with Gasteiger partial charge in [-0.2, -0.15) is 5.26 Å². The lowest BCUT2D eigenvalue weighted by Crippen LogP contribution is -2.37. The SMILES string of the molecule is Cc1ccc(NC(=O)c2ccnc(C(C)(C)C#N)c2)cc1-c1cc2[nH]cnc2c(N2CCOCC2)n1. The van der Waals surface area contributed by atoms with Gasteiger partial charge in [-0.15, -0.1) is 0 Å². The van der Waals surface area contributed by atoms with Crippen LogP contribution in [-0.4, -0.2) is 52.1 Å². The van der Waals surface area contributed by atoms with Crippen LogP contribution in [0.3, 0.4) is 0 Å². The van der Waals surface area contributed by atoms with Crippen LogP contribution in [0.25, 0.3) is 22.3 Å². The Hall–Kier alpha value is -4.29. The quantitative estimate of drug-likeness (QED) is 0.438. The van der Waals surface area contributed by atoms with Crippen molar-refractivity contribution in [1.29, 1.82) is 5.26 Å². The molecule has 1 fully saturated rings. The zero-order valence-corrected chi connectivity index (χ0v) is 20.5. The van der Waals surface area contributed by atoms with E-state index < -0.39 is 5.41 Å². The summed E-state index contributed by atoms with van der Waals surface area (Å²) in [6, 6.07) is 13.3. The highest BCUT2D eigenvalue weighted by atomic mass is 16.5. The molecule has 4 aromatic rings. The average Bonchev–Trinajstić information content (AvgIpc) is 3.38. The molecular formula is C27H27N7O2. The maximum atomic E-state index is 13.0. The Balaban J connectivity index is 1.47. The van der Waals surface area contributed by atoms with E-state index >= 15 is 0 Å². The predicted molar refractivity (Wildman–Crippen MR) is 138 cm³/mol. The van der Waals surface area contributed by atoms with E-state index in [-0.39, 0.29) is 5.91 Å². The van der Waals surface area contributed by atoms with E-state index in [4.69, 9.17) is 9.72 Å². The van der Waals surface area contributed by atoms with E-state index in [0.717, 1.165) is 46.8 Å². The number of fused-ring (bicyclic) bond motifs is 1. The number of anilines is 2. The molecule has 182 valence electrons. The number of nitrogens with zero attached hydrogens (tertiary/aromatic N) is 5. The van der Waals surface area contributed by atoms with Crippen molar-refractivity contribution in [2.24, 2.45) is 0 Å². The van der Waals surface area contributed by atoms with Crippen molar-refractivity contribution in [2.75, 3.05) is 36.5 Å². The third-order valence-electron chi connectivity index (χ3n) is 6.41. The van der Waals surface area contributed by atoms with Crippen LogP contribution in [0.15, 0.2) is 48.9 Å². The molecule has 36 heavy (non-hydrogen) atoms. The van der Waals surface area contributed by atoms with Crippen molar-refractivity contribution in [2.45, 2.75) is 26.2 Å². The number of morpholine rings is 1. The van der Waals surface area contributed by atoms with Crippen LogP contribution in [0.2, 0.25) is 0 Å². The van der Waals surface area contributed by atoms with Gasteiger partial charge in [0, 0.05) is 36.1 Å². The first-order chi connectivity index (χ1) is 17.4. The fourth-order valence-electron chi connectivity index (χ4n) is 4.21. The van der Waals surface area contributed by atoms with Crippen molar-refractivity contribution < 1.29 is 9.53 Å². The Labute approximate surface area is 209 Å². The molecular weight excluding hydrogens is 454 g/mol. The molecule has 1 saturated heterocycles.